The lowest BCUT2D eigenvalue weighted by Crippen LogP contribution is -2.37. The maximum absolute atomic E-state index is 13.5. The highest BCUT2D eigenvalue weighted by Gasteiger charge is 2.27. The number of furan rings is 1. The van der Waals surface area contributed by atoms with Gasteiger partial charge in [0.05, 0.1) is 6.10 Å². The van der Waals surface area contributed by atoms with Crippen LogP contribution in [0.25, 0.3) is 11.0 Å². The number of benzene rings is 2. The summed E-state index contributed by atoms with van der Waals surface area (Å²) in [4.78, 5) is 17.5. The van der Waals surface area contributed by atoms with Gasteiger partial charge < -0.3 is 19.0 Å². The number of fused-ring (bicyclic) bond motifs is 1. The average molecular weight is 471 g/mol. The summed E-state index contributed by atoms with van der Waals surface area (Å²) in [6.45, 7) is 3.80. The molecule has 158 valence electrons. The topological polar surface area (TPSA) is 45.9 Å². The largest absolute Gasteiger partial charge is 0.451 e. The van der Waals surface area contributed by atoms with Gasteiger partial charge in [0, 0.05) is 54.9 Å². The van der Waals surface area contributed by atoms with Crippen LogP contribution in [0.15, 0.2) is 51.4 Å². The van der Waals surface area contributed by atoms with Crippen molar-refractivity contribution in [1.82, 2.24) is 4.90 Å². The Balaban J connectivity index is 1.63. The number of amides is 1. The van der Waals surface area contributed by atoms with Crippen molar-refractivity contribution in [3.63, 3.8) is 0 Å². The highest BCUT2D eigenvalue weighted by molar-refractivity contribution is 9.10. The molecule has 2 heterocycles. The molecule has 2 aromatic carbocycles. The number of carbonyl (C=O) groups is 1. The molecule has 1 atom stereocenters. The van der Waals surface area contributed by atoms with Crippen molar-refractivity contribution in [3.05, 3.63) is 63.8 Å². The first-order valence-corrected chi connectivity index (χ1v) is 11.1. The standard InChI is InChI=1S/C24H27BrN2O3/c1-16-21-13-18(25)8-11-22(21)30-23(16)24(28)27(15-20-5-4-12-29-20)14-17-6-9-19(10-7-17)26(2)3/h6-11,13,20H,4-5,12,14-15H2,1-3H3/t20-/m1/s1. The van der Waals surface area contributed by atoms with E-state index in [-0.39, 0.29) is 12.0 Å². The number of hydrogen-bond donors (Lipinski definition) is 0. The Bertz CT molecular complexity index is 1040. The van der Waals surface area contributed by atoms with E-state index in [1.165, 1.54) is 0 Å². The molecule has 0 bridgehead atoms. The molecule has 0 unspecified atom stereocenters. The van der Waals surface area contributed by atoms with Crippen molar-refractivity contribution in [3.8, 4) is 0 Å². The number of halogens is 1. The lowest BCUT2D eigenvalue weighted by molar-refractivity contribution is 0.0485. The molecular formula is C24H27BrN2O3. The Morgan fingerprint density at radius 1 is 1.17 bits per heavy atom. The molecule has 4 rings (SSSR count). The summed E-state index contributed by atoms with van der Waals surface area (Å²) in [6.07, 6.45) is 2.10. The van der Waals surface area contributed by atoms with E-state index in [0.29, 0.717) is 18.8 Å². The van der Waals surface area contributed by atoms with Crippen LogP contribution in [-0.2, 0) is 11.3 Å². The summed E-state index contributed by atoms with van der Waals surface area (Å²) in [5, 5.41) is 0.958. The van der Waals surface area contributed by atoms with Gasteiger partial charge in [0.15, 0.2) is 5.76 Å². The number of carbonyl (C=O) groups excluding carboxylic acids is 1. The molecule has 1 fully saturated rings. The summed E-state index contributed by atoms with van der Waals surface area (Å²) in [5.74, 6) is 0.318. The Labute approximate surface area is 185 Å². The van der Waals surface area contributed by atoms with Crippen molar-refractivity contribution in [2.24, 2.45) is 0 Å². The second-order valence-corrected chi connectivity index (χ2v) is 8.99. The molecule has 1 aliphatic rings. The van der Waals surface area contributed by atoms with Crippen LogP contribution in [-0.4, -0.2) is 44.2 Å². The minimum Gasteiger partial charge on any atom is -0.451 e. The van der Waals surface area contributed by atoms with Crippen LogP contribution in [0.4, 0.5) is 5.69 Å². The molecule has 0 saturated carbocycles. The van der Waals surface area contributed by atoms with Gasteiger partial charge >= 0.3 is 0 Å². The molecule has 5 nitrogen and oxygen atoms in total. The van der Waals surface area contributed by atoms with E-state index in [2.05, 4.69) is 45.1 Å². The minimum absolute atomic E-state index is 0.0776. The minimum atomic E-state index is -0.0907. The van der Waals surface area contributed by atoms with E-state index in [0.717, 1.165) is 51.7 Å². The van der Waals surface area contributed by atoms with Crippen molar-refractivity contribution >= 4 is 38.5 Å². The molecular weight excluding hydrogens is 444 g/mol. The number of nitrogens with zero attached hydrogens (tertiary/aromatic N) is 2. The van der Waals surface area contributed by atoms with Gasteiger partial charge in [0.2, 0.25) is 0 Å². The van der Waals surface area contributed by atoms with Crippen LogP contribution in [0, 0.1) is 6.92 Å². The normalized spacial score (nSPS) is 16.2. The molecule has 1 aromatic heterocycles. The summed E-state index contributed by atoms with van der Waals surface area (Å²) >= 11 is 3.50. The van der Waals surface area contributed by atoms with E-state index in [9.17, 15) is 4.79 Å². The van der Waals surface area contributed by atoms with Gasteiger partial charge in [-0.05, 0) is 55.7 Å². The first kappa shape index (κ1) is 20.9. The van der Waals surface area contributed by atoms with Crippen LogP contribution in [0.5, 0.6) is 0 Å². The highest BCUT2D eigenvalue weighted by atomic mass is 79.9. The van der Waals surface area contributed by atoms with Gasteiger partial charge in [0.1, 0.15) is 5.58 Å². The zero-order chi connectivity index (χ0) is 21.3. The van der Waals surface area contributed by atoms with Gasteiger partial charge in [-0.1, -0.05) is 28.1 Å². The van der Waals surface area contributed by atoms with E-state index in [1.54, 1.807) is 0 Å². The third-order valence-corrected chi connectivity index (χ3v) is 6.15. The Kier molecular flexibility index (Phi) is 6.16. The number of anilines is 1. The van der Waals surface area contributed by atoms with E-state index < -0.39 is 0 Å². The molecule has 0 radical (unpaired) electrons. The maximum Gasteiger partial charge on any atom is 0.290 e. The zero-order valence-electron chi connectivity index (χ0n) is 17.7. The Morgan fingerprint density at radius 2 is 1.93 bits per heavy atom. The van der Waals surface area contributed by atoms with E-state index >= 15 is 0 Å². The van der Waals surface area contributed by atoms with Gasteiger partial charge in [0.25, 0.3) is 5.91 Å². The van der Waals surface area contributed by atoms with Crippen molar-refractivity contribution < 1.29 is 13.9 Å². The second-order valence-electron chi connectivity index (χ2n) is 8.08. The van der Waals surface area contributed by atoms with Crippen LogP contribution in [0.2, 0.25) is 0 Å². The smallest absolute Gasteiger partial charge is 0.290 e. The van der Waals surface area contributed by atoms with Gasteiger partial charge in [-0.15, -0.1) is 0 Å². The molecule has 1 amide bonds. The van der Waals surface area contributed by atoms with Crippen LogP contribution < -0.4 is 4.90 Å². The molecule has 1 aliphatic heterocycles. The monoisotopic (exact) mass is 470 g/mol. The predicted octanol–water partition coefficient (Wildman–Crippen LogP) is 5.39. The first-order chi connectivity index (χ1) is 14.4. The van der Waals surface area contributed by atoms with Crippen molar-refractivity contribution in [2.45, 2.75) is 32.4 Å². The first-order valence-electron chi connectivity index (χ1n) is 10.3. The summed E-state index contributed by atoms with van der Waals surface area (Å²) in [7, 11) is 4.04. The SMILES string of the molecule is Cc1c(C(=O)N(Cc2ccc(N(C)C)cc2)C[C@H]2CCCO2)oc2ccc(Br)cc12. The molecule has 0 aliphatic carbocycles. The molecule has 6 heteroatoms. The van der Waals surface area contributed by atoms with Crippen LogP contribution >= 0.6 is 15.9 Å². The Morgan fingerprint density at radius 3 is 2.60 bits per heavy atom. The number of rotatable bonds is 6. The zero-order valence-corrected chi connectivity index (χ0v) is 19.2. The number of aryl methyl sites for hydroxylation is 1. The second kappa shape index (κ2) is 8.82. The summed E-state index contributed by atoms with van der Waals surface area (Å²) in [5.41, 5.74) is 3.82. The van der Waals surface area contributed by atoms with Crippen LogP contribution in [0.3, 0.4) is 0 Å². The molecule has 0 spiro atoms. The summed E-state index contributed by atoms with van der Waals surface area (Å²) in [6, 6.07) is 14.1. The third-order valence-electron chi connectivity index (χ3n) is 5.65. The van der Waals surface area contributed by atoms with Gasteiger partial charge in [-0.2, -0.15) is 0 Å². The predicted molar refractivity (Wildman–Crippen MR) is 123 cm³/mol. The van der Waals surface area contributed by atoms with Crippen LogP contribution in [0.1, 0.15) is 34.5 Å². The van der Waals surface area contributed by atoms with Crippen molar-refractivity contribution in [1.29, 1.82) is 0 Å². The molecule has 30 heavy (non-hydrogen) atoms. The molecule has 3 aromatic rings. The number of hydrogen-bond acceptors (Lipinski definition) is 4. The maximum atomic E-state index is 13.5. The lowest BCUT2D eigenvalue weighted by atomic mass is 10.1. The van der Waals surface area contributed by atoms with Gasteiger partial charge in [-0.25, -0.2) is 0 Å². The third kappa shape index (κ3) is 4.40. The average Bonchev–Trinajstić information content (AvgIpc) is 3.35. The number of ether oxygens (including phenoxy) is 1. The fourth-order valence-electron chi connectivity index (χ4n) is 3.91. The molecule has 1 saturated heterocycles. The Hall–Kier alpha value is -2.31. The fourth-order valence-corrected chi connectivity index (χ4v) is 4.28. The summed E-state index contributed by atoms with van der Waals surface area (Å²) < 4.78 is 12.8. The van der Waals surface area contributed by atoms with Crippen molar-refractivity contribution in [2.75, 3.05) is 32.1 Å². The molecule has 0 N–H and O–H groups in total. The lowest BCUT2D eigenvalue weighted by Gasteiger charge is -2.25. The van der Waals surface area contributed by atoms with E-state index in [1.807, 2.05) is 44.1 Å². The quantitative estimate of drug-likeness (QED) is 0.484. The van der Waals surface area contributed by atoms with Gasteiger partial charge in [-0.3, -0.25) is 4.79 Å². The highest BCUT2D eigenvalue weighted by Crippen LogP contribution is 2.29. The van der Waals surface area contributed by atoms with E-state index in [4.69, 9.17) is 9.15 Å². The fraction of sp³-hybridized carbons (Fsp3) is 0.375.